The number of carbonyl (C=O) groups is 1. The first-order valence-electron chi connectivity index (χ1n) is 11.7. The summed E-state index contributed by atoms with van der Waals surface area (Å²) in [5, 5.41) is 0.552. The van der Waals surface area contributed by atoms with Crippen LogP contribution in [0.4, 0.5) is 5.69 Å². The van der Waals surface area contributed by atoms with Gasteiger partial charge in [-0.1, -0.05) is 72.4 Å². The van der Waals surface area contributed by atoms with Gasteiger partial charge in [-0.3, -0.25) is 4.79 Å². The fourth-order valence-electron chi connectivity index (χ4n) is 4.28. The van der Waals surface area contributed by atoms with E-state index < -0.39 is 19.5 Å². The second-order valence-corrected chi connectivity index (χ2v) is 13.6. The van der Waals surface area contributed by atoms with Gasteiger partial charge < -0.3 is 9.88 Å². The number of thioether (sulfide) groups is 1. The van der Waals surface area contributed by atoms with Gasteiger partial charge in [-0.05, 0) is 44.5 Å². The quantitative estimate of drug-likeness (QED) is 0.365. The number of hydrogen-bond donors (Lipinski definition) is 2. The Bertz CT molecular complexity index is 1490. The molecule has 0 saturated carbocycles. The standard InChI is InChI=1S/C27H28N4O3S2/c1-26(2,3)36(33,34)28-18-27(35-25-29-21-14-8-9-15-22(21)30-25)20-13-7-10-16-23(20)31(24(27)32)17-19-11-5-4-6-12-19/h4-16,28H,17-18H2,1-3H3,(H,29,30). The van der Waals surface area contributed by atoms with Crippen molar-refractivity contribution < 1.29 is 13.2 Å². The predicted molar refractivity (Wildman–Crippen MR) is 144 cm³/mol. The van der Waals surface area contributed by atoms with Crippen molar-refractivity contribution >= 4 is 44.4 Å². The number of H-pyrrole nitrogens is 1. The number of nitrogens with zero attached hydrogens (tertiary/aromatic N) is 2. The lowest BCUT2D eigenvalue weighted by Gasteiger charge is -2.29. The maximum Gasteiger partial charge on any atom is 0.249 e. The average molecular weight is 521 g/mol. The summed E-state index contributed by atoms with van der Waals surface area (Å²) >= 11 is 1.26. The van der Waals surface area contributed by atoms with Crippen molar-refractivity contribution in [2.75, 3.05) is 11.4 Å². The Morgan fingerprint density at radius 2 is 1.64 bits per heavy atom. The summed E-state index contributed by atoms with van der Waals surface area (Å²) in [6.07, 6.45) is 0. The number of anilines is 1. The van der Waals surface area contributed by atoms with E-state index in [9.17, 15) is 13.2 Å². The molecule has 0 spiro atoms. The molecule has 4 aromatic rings. The van der Waals surface area contributed by atoms with Gasteiger partial charge in [0.1, 0.15) is 4.75 Å². The van der Waals surface area contributed by atoms with Gasteiger partial charge in [-0.2, -0.15) is 0 Å². The molecule has 1 aromatic heterocycles. The molecule has 7 nitrogen and oxygen atoms in total. The maximum atomic E-state index is 14.3. The number of amides is 1. The average Bonchev–Trinajstić information content (AvgIpc) is 3.36. The third-order valence-electron chi connectivity index (χ3n) is 6.36. The number of para-hydroxylation sites is 3. The van der Waals surface area contributed by atoms with Gasteiger partial charge in [-0.25, -0.2) is 18.1 Å². The van der Waals surface area contributed by atoms with E-state index in [0.717, 1.165) is 27.8 Å². The highest BCUT2D eigenvalue weighted by Gasteiger charge is 2.53. The number of aromatic nitrogens is 2. The van der Waals surface area contributed by atoms with Crippen LogP contribution in [0.1, 0.15) is 31.9 Å². The van der Waals surface area contributed by atoms with Crippen molar-refractivity contribution in [1.82, 2.24) is 14.7 Å². The normalized spacial score (nSPS) is 18.1. The molecule has 2 N–H and O–H groups in total. The van der Waals surface area contributed by atoms with Crippen LogP contribution in [0.25, 0.3) is 11.0 Å². The van der Waals surface area contributed by atoms with Crippen LogP contribution in [0.15, 0.2) is 84.0 Å². The smallest absolute Gasteiger partial charge is 0.249 e. The first kappa shape index (κ1) is 24.5. The summed E-state index contributed by atoms with van der Waals surface area (Å²) in [7, 11) is -3.71. The monoisotopic (exact) mass is 520 g/mol. The SMILES string of the molecule is CC(C)(C)S(=O)(=O)NCC1(Sc2nc3ccccc3[nH]2)C(=O)N(Cc2ccccc2)c2ccccc21. The summed E-state index contributed by atoms with van der Waals surface area (Å²) in [4.78, 5) is 24.0. The molecule has 1 atom stereocenters. The van der Waals surface area contributed by atoms with Crippen molar-refractivity contribution in [3.63, 3.8) is 0 Å². The lowest BCUT2D eigenvalue weighted by Crippen LogP contribution is -2.49. The van der Waals surface area contributed by atoms with E-state index in [0.29, 0.717) is 11.7 Å². The van der Waals surface area contributed by atoms with Gasteiger partial charge in [0.15, 0.2) is 5.16 Å². The second kappa shape index (κ2) is 9.06. The molecule has 36 heavy (non-hydrogen) atoms. The van der Waals surface area contributed by atoms with E-state index in [1.54, 1.807) is 25.7 Å². The highest BCUT2D eigenvalue weighted by atomic mass is 32.2. The molecule has 1 aliphatic heterocycles. The van der Waals surface area contributed by atoms with Gasteiger partial charge in [0.2, 0.25) is 15.9 Å². The Hall–Kier alpha value is -3.14. The molecule has 1 aliphatic rings. The largest absolute Gasteiger partial charge is 0.333 e. The van der Waals surface area contributed by atoms with Crippen LogP contribution < -0.4 is 9.62 Å². The molecule has 0 bridgehead atoms. The Kier molecular flexibility index (Phi) is 6.18. The Morgan fingerprint density at radius 3 is 2.36 bits per heavy atom. The van der Waals surface area contributed by atoms with Crippen LogP contribution in [0.5, 0.6) is 0 Å². The fraction of sp³-hybridized carbons (Fsp3) is 0.259. The molecule has 1 amide bonds. The fourth-order valence-corrected chi connectivity index (χ4v) is 6.47. The predicted octanol–water partition coefficient (Wildman–Crippen LogP) is 4.82. The van der Waals surface area contributed by atoms with E-state index >= 15 is 0 Å². The molecule has 9 heteroatoms. The molecule has 0 fully saturated rings. The number of sulfonamides is 1. The highest BCUT2D eigenvalue weighted by molar-refractivity contribution is 8.01. The first-order valence-corrected chi connectivity index (χ1v) is 14.0. The van der Waals surface area contributed by atoms with Crippen LogP contribution >= 0.6 is 11.8 Å². The second-order valence-electron chi connectivity index (χ2n) is 9.82. The Balaban J connectivity index is 1.61. The van der Waals surface area contributed by atoms with E-state index in [2.05, 4.69) is 9.71 Å². The number of carbonyl (C=O) groups excluding carboxylic acids is 1. The molecule has 3 aromatic carbocycles. The third-order valence-corrected chi connectivity index (χ3v) is 9.77. The zero-order valence-corrected chi connectivity index (χ0v) is 22.0. The van der Waals surface area contributed by atoms with Crippen molar-refractivity contribution in [2.45, 2.75) is 42.0 Å². The highest BCUT2D eigenvalue weighted by Crippen LogP contribution is 2.51. The summed E-state index contributed by atoms with van der Waals surface area (Å²) in [5.74, 6) is -0.186. The zero-order valence-electron chi connectivity index (χ0n) is 20.4. The van der Waals surface area contributed by atoms with Gasteiger partial charge in [0.25, 0.3) is 0 Å². The third kappa shape index (κ3) is 4.31. The van der Waals surface area contributed by atoms with E-state index in [1.807, 2.05) is 78.9 Å². The minimum atomic E-state index is -3.71. The maximum absolute atomic E-state index is 14.3. The van der Waals surface area contributed by atoms with Crippen molar-refractivity contribution in [2.24, 2.45) is 0 Å². The van der Waals surface area contributed by atoms with Crippen molar-refractivity contribution in [3.8, 4) is 0 Å². The van der Waals surface area contributed by atoms with Crippen molar-refractivity contribution in [1.29, 1.82) is 0 Å². The van der Waals surface area contributed by atoms with Crippen LogP contribution in [0, 0.1) is 0 Å². The number of hydrogen-bond acceptors (Lipinski definition) is 5. The topological polar surface area (TPSA) is 95.2 Å². The molecule has 0 radical (unpaired) electrons. The first-order chi connectivity index (χ1) is 17.1. The van der Waals surface area contributed by atoms with E-state index in [4.69, 9.17) is 4.98 Å². The number of aromatic amines is 1. The number of rotatable bonds is 7. The van der Waals surface area contributed by atoms with Gasteiger partial charge >= 0.3 is 0 Å². The van der Waals surface area contributed by atoms with Gasteiger partial charge in [0, 0.05) is 17.8 Å². The molecular formula is C27H28N4O3S2. The van der Waals surface area contributed by atoms with E-state index in [1.165, 1.54) is 11.8 Å². The Morgan fingerprint density at radius 1 is 0.972 bits per heavy atom. The number of nitrogens with one attached hydrogen (secondary N) is 2. The van der Waals surface area contributed by atoms with Crippen LogP contribution in [0.3, 0.4) is 0 Å². The molecule has 2 heterocycles. The minimum Gasteiger partial charge on any atom is -0.333 e. The van der Waals surface area contributed by atoms with Crippen LogP contribution in [-0.4, -0.2) is 35.6 Å². The summed E-state index contributed by atoms with van der Waals surface area (Å²) in [6.45, 7) is 5.20. The zero-order chi connectivity index (χ0) is 25.6. The molecule has 186 valence electrons. The Labute approximate surface area is 215 Å². The number of imidazole rings is 1. The number of fused-ring (bicyclic) bond motifs is 2. The van der Waals surface area contributed by atoms with E-state index in [-0.39, 0.29) is 12.5 Å². The molecule has 0 aliphatic carbocycles. The summed E-state index contributed by atoms with van der Waals surface area (Å²) < 4.78 is 26.6. The van der Waals surface area contributed by atoms with Gasteiger partial charge in [-0.15, -0.1) is 0 Å². The summed E-state index contributed by atoms with van der Waals surface area (Å²) in [6, 6.07) is 25.0. The van der Waals surface area contributed by atoms with Crippen LogP contribution in [-0.2, 0) is 26.1 Å². The molecular weight excluding hydrogens is 492 g/mol. The number of benzene rings is 3. The van der Waals surface area contributed by atoms with Crippen LogP contribution in [0.2, 0.25) is 0 Å². The molecule has 0 saturated heterocycles. The molecule has 1 unspecified atom stereocenters. The summed E-state index contributed by atoms with van der Waals surface area (Å²) in [5.41, 5.74) is 4.15. The molecule has 5 rings (SSSR count). The van der Waals surface area contributed by atoms with Gasteiger partial charge in [0.05, 0.1) is 22.3 Å². The lowest BCUT2D eigenvalue weighted by atomic mass is 10.00. The van der Waals surface area contributed by atoms with Crippen molar-refractivity contribution in [3.05, 3.63) is 90.0 Å². The lowest BCUT2D eigenvalue weighted by molar-refractivity contribution is -0.120. The minimum absolute atomic E-state index is 0.102.